The molecule has 2 rings (SSSR count). The van der Waals surface area contributed by atoms with E-state index in [0.29, 0.717) is 5.69 Å². The predicted molar refractivity (Wildman–Crippen MR) is 69.4 cm³/mol. The number of ether oxygens (including phenoxy) is 1. The highest BCUT2D eigenvalue weighted by Gasteiger charge is 2.16. The number of hydrogen-bond acceptors (Lipinski definition) is 4. The summed E-state index contributed by atoms with van der Waals surface area (Å²) in [5.41, 5.74) is 1.64. The third kappa shape index (κ3) is 3.16. The van der Waals surface area contributed by atoms with Gasteiger partial charge in [-0.3, -0.25) is 15.3 Å². The fraction of sp³-hybridized carbons (Fsp3) is 0.308. The van der Waals surface area contributed by atoms with Crippen LogP contribution in [0.5, 0.6) is 0 Å². The number of anilines is 1. The van der Waals surface area contributed by atoms with Crippen molar-refractivity contribution in [1.29, 1.82) is 0 Å². The molecule has 0 aliphatic rings. The van der Waals surface area contributed by atoms with Crippen LogP contribution >= 0.6 is 0 Å². The highest BCUT2D eigenvalue weighted by molar-refractivity contribution is 5.88. The second kappa shape index (κ2) is 4.60. The molecule has 1 amide bonds. The van der Waals surface area contributed by atoms with Crippen molar-refractivity contribution in [1.82, 2.24) is 9.97 Å². The summed E-state index contributed by atoms with van der Waals surface area (Å²) in [4.78, 5) is 19.9. The normalized spacial score (nSPS) is 11.3. The molecule has 0 aliphatic carbocycles. The first-order chi connectivity index (χ1) is 8.44. The Morgan fingerprint density at radius 2 is 1.83 bits per heavy atom. The molecule has 0 radical (unpaired) electrons. The second-order valence-corrected chi connectivity index (χ2v) is 4.89. The van der Waals surface area contributed by atoms with E-state index in [-0.39, 0.29) is 0 Å². The van der Waals surface area contributed by atoms with Crippen molar-refractivity contribution in [3.8, 4) is 0 Å². The first-order valence-electron chi connectivity index (χ1n) is 5.65. The van der Waals surface area contributed by atoms with Gasteiger partial charge in [0.1, 0.15) is 5.60 Å². The van der Waals surface area contributed by atoms with Gasteiger partial charge in [-0.05, 0) is 39.0 Å². The van der Waals surface area contributed by atoms with Gasteiger partial charge in [0.2, 0.25) is 0 Å². The van der Waals surface area contributed by atoms with Gasteiger partial charge in [-0.2, -0.15) is 0 Å². The van der Waals surface area contributed by atoms with Crippen molar-refractivity contribution >= 4 is 22.8 Å². The zero-order chi connectivity index (χ0) is 13.2. The van der Waals surface area contributed by atoms with E-state index in [0.717, 1.165) is 11.0 Å². The number of aromatic nitrogens is 2. The Morgan fingerprint density at radius 3 is 2.50 bits per heavy atom. The van der Waals surface area contributed by atoms with Crippen LogP contribution in [0, 0.1) is 0 Å². The quantitative estimate of drug-likeness (QED) is 0.838. The number of nitrogens with zero attached hydrogens (tertiary/aromatic N) is 2. The number of amides is 1. The van der Waals surface area contributed by atoms with E-state index in [1.54, 1.807) is 30.6 Å². The Labute approximate surface area is 105 Å². The number of carbonyl (C=O) groups excluding carboxylic acids is 1. The number of benzene rings is 1. The number of hydrogen-bond donors (Lipinski definition) is 1. The molecule has 0 saturated carbocycles. The van der Waals surface area contributed by atoms with Crippen LogP contribution in [-0.4, -0.2) is 21.7 Å². The Morgan fingerprint density at radius 1 is 1.17 bits per heavy atom. The number of carbonyl (C=O) groups is 1. The molecule has 0 fully saturated rings. The summed E-state index contributed by atoms with van der Waals surface area (Å²) in [6.07, 6.45) is 2.76. The van der Waals surface area contributed by atoms with E-state index in [1.807, 2.05) is 20.8 Å². The SMILES string of the molecule is CC(C)(C)OC(=O)Nc1ccc2nccnc2c1. The number of nitrogens with one attached hydrogen (secondary N) is 1. The molecule has 0 atom stereocenters. The summed E-state index contributed by atoms with van der Waals surface area (Å²) < 4.78 is 5.17. The van der Waals surface area contributed by atoms with Crippen LogP contribution in [0.2, 0.25) is 0 Å². The molecule has 1 N–H and O–H groups in total. The van der Waals surface area contributed by atoms with E-state index in [2.05, 4.69) is 15.3 Å². The van der Waals surface area contributed by atoms with Crippen LogP contribution in [0.1, 0.15) is 20.8 Å². The highest BCUT2D eigenvalue weighted by Crippen LogP contribution is 2.16. The Kier molecular flexibility index (Phi) is 3.14. The van der Waals surface area contributed by atoms with Crippen molar-refractivity contribution in [3.05, 3.63) is 30.6 Å². The fourth-order valence-corrected chi connectivity index (χ4v) is 1.46. The summed E-state index contributed by atoms with van der Waals surface area (Å²) in [7, 11) is 0. The van der Waals surface area contributed by atoms with Gasteiger partial charge < -0.3 is 4.74 Å². The van der Waals surface area contributed by atoms with E-state index in [4.69, 9.17) is 4.74 Å². The number of rotatable bonds is 1. The molecule has 1 aromatic heterocycles. The summed E-state index contributed by atoms with van der Waals surface area (Å²) in [5.74, 6) is 0. The van der Waals surface area contributed by atoms with Gasteiger partial charge in [0.25, 0.3) is 0 Å². The lowest BCUT2D eigenvalue weighted by Crippen LogP contribution is -2.27. The average molecular weight is 245 g/mol. The largest absolute Gasteiger partial charge is 0.444 e. The van der Waals surface area contributed by atoms with Gasteiger partial charge in [-0.1, -0.05) is 0 Å². The lowest BCUT2D eigenvalue weighted by Gasteiger charge is -2.19. The van der Waals surface area contributed by atoms with Crippen molar-refractivity contribution in [2.45, 2.75) is 26.4 Å². The lowest BCUT2D eigenvalue weighted by atomic mass is 10.2. The molecular weight excluding hydrogens is 230 g/mol. The molecule has 0 unspecified atom stereocenters. The van der Waals surface area contributed by atoms with Crippen molar-refractivity contribution < 1.29 is 9.53 Å². The standard InChI is InChI=1S/C13H15N3O2/c1-13(2,3)18-12(17)16-9-4-5-10-11(8-9)15-7-6-14-10/h4-8H,1-3H3,(H,16,17). The molecule has 5 nitrogen and oxygen atoms in total. The first kappa shape index (κ1) is 12.3. The van der Waals surface area contributed by atoms with Gasteiger partial charge in [0.05, 0.1) is 11.0 Å². The molecule has 0 spiro atoms. The maximum atomic E-state index is 11.6. The molecule has 1 aromatic carbocycles. The zero-order valence-corrected chi connectivity index (χ0v) is 10.6. The minimum atomic E-state index is -0.513. The van der Waals surface area contributed by atoms with Crippen LogP contribution in [-0.2, 0) is 4.74 Å². The first-order valence-corrected chi connectivity index (χ1v) is 5.65. The van der Waals surface area contributed by atoms with Gasteiger partial charge in [-0.25, -0.2) is 4.79 Å². The molecule has 5 heteroatoms. The Hall–Kier alpha value is -2.17. The van der Waals surface area contributed by atoms with E-state index in [9.17, 15) is 4.79 Å². The number of fused-ring (bicyclic) bond motifs is 1. The van der Waals surface area contributed by atoms with Crippen molar-refractivity contribution in [3.63, 3.8) is 0 Å². The average Bonchev–Trinajstić information content (AvgIpc) is 2.26. The second-order valence-electron chi connectivity index (χ2n) is 4.89. The third-order valence-electron chi connectivity index (χ3n) is 2.11. The van der Waals surface area contributed by atoms with Gasteiger partial charge in [0, 0.05) is 18.1 Å². The molecule has 0 saturated heterocycles. The zero-order valence-electron chi connectivity index (χ0n) is 10.6. The summed E-state index contributed by atoms with van der Waals surface area (Å²) >= 11 is 0. The van der Waals surface area contributed by atoms with E-state index >= 15 is 0 Å². The molecule has 0 aliphatic heterocycles. The Balaban J connectivity index is 2.15. The molecule has 18 heavy (non-hydrogen) atoms. The molecular formula is C13H15N3O2. The van der Waals surface area contributed by atoms with Crippen molar-refractivity contribution in [2.24, 2.45) is 0 Å². The maximum absolute atomic E-state index is 11.6. The monoisotopic (exact) mass is 245 g/mol. The van der Waals surface area contributed by atoms with Gasteiger partial charge >= 0.3 is 6.09 Å². The highest BCUT2D eigenvalue weighted by atomic mass is 16.6. The minimum Gasteiger partial charge on any atom is -0.444 e. The lowest BCUT2D eigenvalue weighted by molar-refractivity contribution is 0.0636. The fourth-order valence-electron chi connectivity index (χ4n) is 1.46. The predicted octanol–water partition coefficient (Wildman–Crippen LogP) is 2.98. The summed E-state index contributed by atoms with van der Waals surface area (Å²) in [5, 5.41) is 2.66. The Bertz CT molecular complexity index is 576. The molecule has 2 aromatic rings. The molecule has 1 heterocycles. The minimum absolute atomic E-state index is 0.481. The molecule has 94 valence electrons. The summed E-state index contributed by atoms with van der Waals surface area (Å²) in [6.45, 7) is 5.45. The van der Waals surface area contributed by atoms with Gasteiger partial charge in [0.15, 0.2) is 0 Å². The van der Waals surface area contributed by atoms with Crippen molar-refractivity contribution in [2.75, 3.05) is 5.32 Å². The molecule has 0 bridgehead atoms. The van der Waals surface area contributed by atoms with Crippen LogP contribution in [0.15, 0.2) is 30.6 Å². The van der Waals surface area contributed by atoms with E-state index < -0.39 is 11.7 Å². The van der Waals surface area contributed by atoms with Crippen LogP contribution in [0.3, 0.4) is 0 Å². The smallest absolute Gasteiger partial charge is 0.412 e. The summed E-state index contributed by atoms with van der Waals surface area (Å²) in [6, 6.07) is 5.32. The third-order valence-corrected chi connectivity index (χ3v) is 2.11. The van der Waals surface area contributed by atoms with E-state index in [1.165, 1.54) is 0 Å². The van der Waals surface area contributed by atoms with Crippen LogP contribution < -0.4 is 5.32 Å². The topological polar surface area (TPSA) is 64.1 Å². The van der Waals surface area contributed by atoms with Crippen LogP contribution in [0.25, 0.3) is 11.0 Å². The van der Waals surface area contributed by atoms with Crippen LogP contribution in [0.4, 0.5) is 10.5 Å². The maximum Gasteiger partial charge on any atom is 0.412 e. The van der Waals surface area contributed by atoms with Gasteiger partial charge in [-0.15, -0.1) is 0 Å².